The second kappa shape index (κ2) is 17.3. The fourth-order valence-corrected chi connectivity index (χ4v) is 7.12. The molecule has 3 heterocycles. The first-order valence-corrected chi connectivity index (χ1v) is 18.4. The molecule has 2 saturated heterocycles. The van der Waals surface area contributed by atoms with Crippen molar-refractivity contribution in [1.82, 2.24) is 9.80 Å². The largest absolute Gasteiger partial charge is 0.457 e. The fourth-order valence-electron chi connectivity index (χ4n) is 7.12. The van der Waals surface area contributed by atoms with Gasteiger partial charge in [0.15, 0.2) is 6.10 Å². The lowest BCUT2D eigenvalue weighted by molar-refractivity contribution is -0.151. The zero-order chi connectivity index (χ0) is 35.9. The van der Waals surface area contributed by atoms with Gasteiger partial charge >= 0.3 is 12.1 Å². The Hall–Kier alpha value is -2.28. The van der Waals surface area contributed by atoms with Crippen molar-refractivity contribution in [2.24, 2.45) is 11.8 Å². The number of cyclic esters (lactones) is 1. The van der Waals surface area contributed by atoms with Crippen molar-refractivity contribution in [3.63, 3.8) is 0 Å². The molecule has 10 atom stereocenters. The van der Waals surface area contributed by atoms with Gasteiger partial charge in [0.1, 0.15) is 11.7 Å². The summed E-state index contributed by atoms with van der Waals surface area (Å²) in [5.41, 5.74) is -1.33. The minimum absolute atomic E-state index is 0.00198. The van der Waals surface area contributed by atoms with E-state index in [0.717, 1.165) is 25.1 Å². The van der Waals surface area contributed by atoms with Gasteiger partial charge in [-0.25, -0.2) is 4.79 Å². The SMILES string of the molecule is CCC(O)C(C)C1OC1CC(C)(O)/C=C/C=C(\C)C1OC(=O)CC(O)CCC(C)(OC)C(OC(=O)N2CCCN(C3CC3)CC2)/C=C\C1C. The number of hydrogen-bond acceptors (Lipinski definition) is 10. The molecule has 11 nitrogen and oxygen atoms in total. The quantitative estimate of drug-likeness (QED) is 0.123. The zero-order valence-electron chi connectivity index (χ0n) is 30.8. The summed E-state index contributed by atoms with van der Waals surface area (Å²) < 4.78 is 23.8. The van der Waals surface area contributed by atoms with Crippen molar-refractivity contribution in [2.45, 2.75) is 147 Å². The zero-order valence-corrected chi connectivity index (χ0v) is 30.8. The highest BCUT2D eigenvalue weighted by Gasteiger charge is 2.47. The van der Waals surface area contributed by atoms with Crippen LogP contribution in [0, 0.1) is 11.8 Å². The molecule has 0 spiro atoms. The highest BCUT2D eigenvalue weighted by atomic mass is 16.6. The molecule has 11 heteroatoms. The van der Waals surface area contributed by atoms with Crippen LogP contribution in [-0.2, 0) is 23.7 Å². The third-order valence-corrected chi connectivity index (χ3v) is 10.9. The van der Waals surface area contributed by atoms with E-state index in [4.69, 9.17) is 18.9 Å². The molecule has 0 aromatic heterocycles. The number of nitrogens with zero attached hydrogens (tertiary/aromatic N) is 2. The molecule has 0 radical (unpaired) electrons. The number of methoxy groups -OCH3 is 1. The van der Waals surface area contributed by atoms with Gasteiger partial charge in [0, 0.05) is 57.6 Å². The maximum Gasteiger partial charge on any atom is 0.410 e. The summed E-state index contributed by atoms with van der Waals surface area (Å²) in [5.74, 6) is -0.825. The Morgan fingerprint density at radius 1 is 1.20 bits per heavy atom. The van der Waals surface area contributed by atoms with Gasteiger partial charge in [0.25, 0.3) is 0 Å². The van der Waals surface area contributed by atoms with Crippen LogP contribution < -0.4 is 0 Å². The van der Waals surface area contributed by atoms with Crippen LogP contribution in [0.5, 0.6) is 0 Å². The lowest BCUT2D eigenvalue weighted by atomic mass is 9.88. The fraction of sp³-hybridized carbons (Fsp3) is 0.789. The monoisotopic (exact) mass is 690 g/mol. The predicted molar refractivity (Wildman–Crippen MR) is 187 cm³/mol. The molecule has 49 heavy (non-hydrogen) atoms. The maximum absolute atomic E-state index is 13.5. The first kappa shape index (κ1) is 39.5. The van der Waals surface area contributed by atoms with E-state index in [2.05, 4.69) is 4.90 Å². The molecule has 4 rings (SSSR count). The van der Waals surface area contributed by atoms with Crippen LogP contribution in [0.4, 0.5) is 4.79 Å². The summed E-state index contributed by atoms with van der Waals surface area (Å²) >= 11 is 0. The first-order valence-electron chi connectivity index (χ1n) is 18.4. The number of aliphatic hydroxyl groups excluding tert-OH is 2. The van der Waals surface area contributed by atoms with Gasteiger partial charge in [-0.05, 0) is 70.9 Å². The molecule has 1 aliphatic carbocycles. The van der Waals surface area contributed by atoms with Crippen molar-refractivity contribution in [3.05, 3.63) is 36.0 Å². The summed E-state index contributed by atoms with van der Waals surface area (Å²) in [6, 6.07) is 0.651. The molecule has 10 unspecified atom stereocenters. The Labute approximate surface area is 293 Å². The highest BCUT2D eigenvalue weighted by molar-refractivity contribution is 5.70. The second-order valence-electron chi connectivity index (χ2n) is 15.3. The number of rotatable bonds is 11. The van der Waals surface area contributed by atoms with Crippen LogP contribution in [0.2, 0.25) is 0 Å². The van der Waals surface area contributed by atoms with Crippen LogP contribution in [0.1, 0.15) is 92.9 Å². The van der Waals surface area contributed by atoms with Crippen LogP contribution in [-0.4, -0.2) is 124 Å². The van der Waals surface area contributed by atoms with Crippen molar-refractivity contribution < 1.29 is 43.9 Å². The Morgan fingerprint density at radius 2 is 1.94 bits per heavy atom. The standard InChI is InChI=1S/C38H62N2O9/c1-8-30(42)27(4)35-31(47-35)24-37(5,45)17-9-11-25(2)34-26(3)12-15-32(38(6,46-7)18-16-29(41)23-33(43)49-34)48-36(44)40-20-10-19-39(21-22-40)28-13-14-28/h9,11-12,15,17,26-32,34-35,41-42,45H,8,10,13-14,16,18-24H2,1-7H3/b15-12-,17-9+,25-11+. The minimum Gasteiger partial charge on any atom is -0.457 e. The third-order valence-electron chi connectivity index (χ3n) is 10.9. The van der Waals surface area contributed by atoms with Crippen molar-refractivity contribution in [1.29, 1.82) is 0 Å². The Bertz CT molecular complexity index is 1200. The molecule has 1 amide bonds. The maximum atomic E-state index is 13.5. The molecule has 3 fully saturated rings. The topological polar surface area (TPSA) is 142 Å². The van der Waals surface area contributed by atoms with E-state index in [0.29, 0.717) is 38.4 Å². The summed E-state index contributed by atoms with van der Waals surface area (Å²) in [7, 11) is 1.58. The van der Waals surface area contributed by atoms with Crippen LogP contribution in [0.3, 0.4) is 0 Å². The number of aliphatic hydroxyl groups is 3. The normalized spacial score (nSPS) is 35.7. The number of epoxide rings is 1. The lowest BCUT2D eigenvalue weighted by Gasteiger charge is -2.36. The number of ether oxygens (including phenoxy) is 4. The van der Waals surface area contributed by atoms with Gasteiger partial charge in [-0.15, -0.1) is 0 Å². The van der Waals surface area contributed by atoms with E-state index in [1.54, 1.807) is 31.1 Å². The first-order chi connectivity index (χ1) is 23.2. The molecule has 3 aliphatic heterocycles. The number of allylic oxidation sites excluding steroid dienone is 2. The third kappa shape index (κ3) is 11.4. The van der Waals surface area contributed by atoms with Crippen molar-refractivity contribution in [2.75, 3.05) is 33.3 Å². The molecule has 0 aromatic carbocycles. The smallest absolute Gasteiger partial charge is 0.410 e. The molecular formula is C38H62N2O9. The van der Waals surface area contributed by atoms with E-state index in [1.165, 1.54) is 12.8 Å². The minimum atomic E-state index is -1.14. The van der Waals surface area contributed by atoms with Gasteiger partial charge < -0.3 is 39.2 Å². The van der Waals surface area contributed by atoms with E-state index < -0.39 is 41.6 Å². The van der Waals surface area contributed by atoms with E-state index >= 15 is 0 Å². The average Bonchev–Trinajstić information content (AvgIpc) is 3.97. The summed E-state index contributed by atoms with van der Waals surface area (Å²) in [5, 5.41) is 32.0. The van der Waals surface area contributed by atoms with Gasteiger partial charge in [-0.1, -0.05) is 45.1 Å². The highest BCUT2D eigenvalue weighted by Crippen LogP contribution is 2.38. The summed E-state index contributed by atoms with van der Waals surface area (Å²) in [6.07, 6.45) is 10.5. The molecule has 3 N–H and O–H groups in total. The van der Waals surface area contributed by atoms with Gasteiger partial charge in [0.2, 0.25) is 0 Å². The molecule has 278 valence electrons. The number of hydrogen-bond donors (Lipinski definition) is 3. The van der Waals surface area contributed by atoms with E-state index in [-0.39, 0.29) is 43.0 Å². The van der Waals surface area contributed by atoms with Crippen LogP contribution in [0.25, 0.3) is 0 Å². The Morgan fingerprint density at radius 3 is 2.61 bits per heavy atom. The molecule has 4 aliphatic rings. The van der Waals surface area contributed by atoms with E-state index in [1.807, 2.05) is 52.8 Å². The summed E-state index contributed by atoms with van der Waals surface area (Å²) in [6.45, 7) is 14.4. The van der Waals surface area contributed by atoms with Crippen LogP contribution >= 0.6 is 0 Å². The second-order valence-corrected chi connectivity index (χ2v) is 15.3. The van der Waals surface area contributed by atoms with Gasteiger partial charge in [-0.3, -0.25) is 9.69 Å². The lowest BCUT2D eigenvalue weighted by Crippen LogP contribution is -2.47. The van der Waals surface area contributed by atoms with Crippen molar-refractivity contribution in [3.8, 4) is 0 Å². The Kier molecular flexibility index (Phi) is 13.9. The number of carbonyl (C=O) groups excluding carboxylic acids is 2. The molecule has 0 bridgehead atoms. The summed E-state index contributed by atoms with van der Waals surface area (Å²) in [4.78, 5) is 30.8. The average molecular weight is 691 g/mol. The predicted octanol–water partition coefficient (Wildman–Crippen LogP) is 4.53. The molecule has 0 aromatic rings. The Balaban J connectivity index is 1.47. The van der Waals surface area contributed by atoms with Gasteiger partial charge in [-0.2, -0.15) is 0 Å². The number of amides is 1. The van der Waals surface area contributed by atoms with Crippen molar-refractivity contribution >= 4 is 12.1 Å². The van der Waals surface area contributed by atoms with E-state index in [9.17, 15) is 24.9 Å². The van der Waals surface area contributed by atoms with Crippen LogP contribution in [0.15, 0.2) is 36.0 Å². The molecule has 1 saturated carbocycles. The van der Waals surface area contributed by atoms with Gasteiger partial charge in [0.05, 0.1) is 36.4 Å². The molecular weight excluding hydrogens is 628 g/mol. The number of carbonyl (C=O) groups is 2. The number of esters is 1.